The maximum Gasteiger partial charge on any atom is 0.307 e. The summed E-state index contributed by atoms with van der Waals surface area (Å²) >= 11 is 1.50. The Morgan fingerprint density at radius 1 is 1.35 bits per heavy atom. The molecular formula is C13H12F2N2O2S. The highest BCUT2D eigenvalue weighted by atomic mass is 32.1. The van der Waals surface area contributed by atoms with Gasteiger partial charge in [-0.3, -0.25) is 10.1 Å². The average molecular weight is 298 g/mol. The summed E-state index contributed by atoms with van der Waals surface area (Å²) in [6, 6.07) is 3.11. The minimum Gasteiger partial charge on any atom is -0.375 e. The second-order valence-electron chi connectivity index (χ2n) is 4.37. The Kier molecular flexibility index (Phi) is 3.99. The second-order valence-corrected chi connectivity index (χ2v) is 5.32. The van der Waals surface area contributed by atoms with Crippen LogP contribution < -0.4 is 5.32 Å². The summed E-state index contributed by atoms with van der Waals surface area (Å²) < 4.78 is 26.9. The molecule has 0 aliphatic carbocycles. The predicted octanol–water partition coefficient (Wildman–Crippen LogP) is 4.42. The SMILES string of the molecule is Cc1ccsc1C(C)Nc1cc([N+](=O)[O-])c(F)cc1F. The molecule has 1 atom stereocenters. The maximum atomic E-state index is 13.7. The van der Waals surface area contributed by atoms with Crippen LogP contribution >= 0.6 is 11.3 Å². The van der Waals surface area contributed by atoms with Gasteiger partial charge >= 0.3 is 5.69 Å². The third-order valence-corrected chi connectivity index (χ3v) is 4.10. The first-order chi connectivity index (χ1) is 9.40. The summed E-state index contributed by atoms with van der Waals surface area (Å²) in [5.74, 6) is -2.04. The van der Waals surface area contributed by atoms with E-state index in [0.717, 1.165) is 16.5 Å². The van der Waals surface area contributed by atoms with E-state index in [1.165, 1.54) is 11.3 Å². The first-order valence-electron chi connectivity index (χ1n) is 5.84. The van der Waals surface area contributed by atoms with Crippen LogP contribution in [0.2, 0.25) is 0 Å². The van der Waals surface area contributed by atoms with Gasteiger partial charge in [-0.1, -0.05) is 0 Å². The van der Waals surface area contributed by atoms with Crippen molar-refractivity contribution in [3.8, 4) is 0 Å². The Morgan fingerprint density at radius 3 is 2.60 bits per heavy atom. The zero-order chi connectivity index (χ0) is 14.9. The lowest BCUT2D eigenvalue weighted by Gasteiger charge is -2.15. The molecule has 0 amide bonds. The molecule has 2 rings (SSSR count). The number of benzene rings is 1. The molecule has 0 aliphatic rings. The molecule has 0 fully saturated rings. The highest BCUT2D eigenvalue weighted by Gasteiger charge is 2.20. The van der Waals surface area contributed by atoms with Crippen molar-refractivity contribution in [1.82, 2.24) is 0 Å². The quantitative estimate of drug-likeness (QED) is 0.671. The largest absolute Gasteiger partial charge is 0.375 e. The number of nitrogens with zero attached hydrogens (tertiary/aromatic N) is 1. The van der Waals surface area contributed by atoms with Crippen molar-refractivity contribution in [3.63, 3.8) is 0 Å². The van der Waals surface area contributed by atoms with Gasteiger partial charge in [-0.05, 0) is 30.9 Å². The number of rotatable bonds is 4. The molecule has 1 N–H and O–H groups in total. The molecule has 1 heterocycles. The average Bonchev–Trinajstić information content (AvgIpc) is 2.78. The lowest BCUT2D eigenvalue weighted by molar-refractivity contribution is -0.387. The van der Waals surface area contributed by atoms with E-state index in [4.69, 9.17) is 0 Å². The zero-order valence-corrected chi connectivity index (χ0v) is 11.6. The van der Waals surface area contributed by atoms with E-state index in [-0.39, 0.29) is 11.7 Å². The third kappa shape index (κ3) is 2.77. The van der Waals surface area contributed by atoms with Crippen LogP contribution in [0.1, 0.15) is 23.4 Å². The summed E-state index contributed by atoms with van der Waals surface area (Å²) in [5.41, 5.74) is 0.217. The molecule has 0 bridgehead atoms. The lowest BCUT2D eigenvalue weighted by Crippen LogP contribution is -2.08. The Balaban J connectivity index is 2.32. The topological polar surface area (TPSA) is 55.2 Å². The van der Waals surface area contributed by atoms with Crippen LogP contribution in [0.4, 0.5) is 20.2 Å². The fourth-order valence-corrected chi connectivity index (χ4v) is 2.85. The van der Waals surface area contributed by atoms with E-state index in [1.807, 2.05) is 25.3 Å². The van der Waals surface area contributed by atoms with Crippen LogP contribution in [-0.2, 0) is 0 Å². The minimum atomic E-state index is -1.18. The third-order valence-electron chi connectivity index (χ3n) is 2.90. The van der Waals surface area contributed by atoms with Crippen LogP contribution in [0.15, 0.2) is 23.6 Å². The van der Waals surface area contributed by atoms with Crippen molar-refractivity contribution >= 4 is 22.7 Å². The van der Waals surface area contributed by atoms with Gasteiger partial charge in [0.15, 0.2) is 0 Å². The molecule has 1 unspecified atom stereocenters. The van der Waals surface area contributed by atoms with E-state index in [9.17, 15) is 18.9 Å². The smallest absolute Gasteiger partial charge is 0.307 e. The van der Waals surface area contributed by atoms with Crippen molar-refractivity contribution in [2.24, 2.45) is 0 Å². The van der Waals surface area contributed by atoms with E-state index in [0.29, 0.717) is 6.07 Å². The summed E-state index contributed by atoms with van der Waals surface area (Å²) in [6.07, 6.45) is 0. The monoisotopic (exact) mass is 298 g/mol. The number of nitrogens with one attached hydrogen (secondary N) is 1. The van der Waals surface area contributed by atoms with Crippen LogP contribution in [0.5, 0.6) is 0 Å². The van der Waals surface area contributed by atoms with E-state index >= 15 is 0 Å². The Hall–Kier alpha value is -2.02. The number of hydrogen-bond acceptors (Lipinski definition) is 4. The molecule has 20 heavy (non-hydrogen) atoms. The molecule has 0 spiro atoms. The molecule has 0 aliphatic heterocycles. The highest BCUT2D eigenvalue weighted by Crippen LogP contribution is 2.30. The van der Waals surface area contributed by atoms with Gasteiger partial charge in [-0.25, -0.2) is 4.39 Å². The first-order valence-corrected chi connectivity index (χ1v) is 6.72. The van der Waals surface area contributed by atoms with Gasteiger partial charge in [0.1, 0.15) is 5.82 Å². The van der Waals surface area contributed by atoms with Crippen molar-refractivity contribution in [1.29, 1.82) is 0 Å². The number of anilines is 1. The summed E-state index contributed by atoms with van der Waals surface area (Å²) in [4.78, 5) is 10.8. The molecule has 7 heteroatoms. The van der Waals surface area contributed by atoms with Crippen molar-refractivity contribution < 1.29 is 13.7 Å². The van der Waals surface area contributed by atoms with Gasteiger partial charge in [0.2, 0.25) is 5.82 Å². The Labute approximate surface area is 118 Å². The lowest BCUT2D eigenvalue weighted by atomic mass is 10.1. The highest BCUT2D eigenvalue weighted by molar-refractivity contribution is 7.10. The number of halogens is 2. The summed E-state index contributed by atoms with van der Waals surface area (Å²) in [6.45, 7) is 3.74. The number of aryl methyl sites for hydroxylation is 1. The molecule has 4 nitrogen and oxygen atoms in total. The van der Waals surface area contributed by atoms with E-state index in [2.05, 4.69) is 5.32 Å². The Morgan fingerprint density at radius 2 is 2.05 bits per heavy atom. The standard InChI is InChI=1S/C13H12F2N2O2S/c1-7-3-4-20-13(7)8(2)16-11-6-12(17(18)19)10(15)5-9(11)14/h3-6,8,16H,1-2H3. The molecule has 106 valence electrons. The van der Waals surface area contributed by atoms with Gasteiger partial charge in [0.25, 0.3) is 0 Å². The molecule has 0 saturated heterocycles. The van der Waals surface area contributed by atoms with Gasteiger partial charge in [0.05, 0.1) is 16.7 Å². The zero-order valence-electron chi connectivity index (χ0n) is 10.8. The summed E-state index contributed by atoms with van der Waals surface area (Å²) in [5, 5.41) is 15.4. The van der Waals surface area contributed by atoms with Gasteiger partial charge < -0.3 is 5.32 Å². The molecule has 1 aromatic heterocycles. The molecule has 2 aromatic rings. The molecular weight excluding hydrogens is 286 g/mol. The van der Waals surface area contributed by atoms with Gasteiger partial charge in [-0.2, -0.15) is 4.39 Å². The van der Waals surface area contributed by atoms with Crippen molar-refractivity contribution in [2.75, 3.05) is 5.32 Å². The predicted molar refractivity (Wildman–Crippen MR) is 74.1 cm³/mol. The maximum absolute atomic E-state index is 13.7. The van der Waals surface area contributed by atoms with E-state index < -0.39 is 22.2 Å². The van der Waals surface area contributed by atoms with Crippen molar-refractivity contribution in [2.45, 2.75) is 19.9 Å². The fraction of sp³-hybridized carbons (Fsp3) is 0.231. The second kappa shape index (κ2) is 5.54. The molecule has 1 aromatic carbocycles. The normalized spacial score (nSPS) is 12.2. The molecule has 0 saturated carbocycles. The van der Waals surface area contributed by atoms with Gasteiger partial charge in [0, 0.05) is 17.0 Å². The van der Waals surface area contributed by atoms with E-state index in [1.54, 1.807) is 0 Å². The Bertz CT molecular complexity index is 658. The van der Waals surface area contributed by atoms with Crippen LogP contribution in [0, 0.1) is 28.7 Å². The fourth-order valence-electron chi connectivity index (χ4n) is 1.91. The van der Waals surface area contributed by atoms with Crippen molar-refractivity contribution in [3.05, 3.63) is 55.8 Å². The minimum absolute atomic E-state index is 0.0848. The van der Waals surface area contributed by atoms with Gasteiger partial charge in [-0.15, -0.1) is 11.3 Å². The first kappa shape index (κ1) is 14.4. The number of nitro benzene ring substituents is 1. The number of nitro groups is 1. The summed E-state index contributed by atoms with van der Waals surface area (Å²) in [7, 11) is 0. The number of hydrogen-bond donors (Lipinski definition) is 1. The van der Waals surface area contributed by atoms with Crippen LogP contribution in [0.25, 0.3) is 0 Å². The van der Waals surface area contributed by atoms with Crippen LogP contribution in [-0.4, -0.2) is 4.92 Å². The number of thiophene rings is 1. The van der Waals surface area contributed by atoms with Crippen LogP contribution in [0.3, 0.4) is 0 Å². The molecule has 0 radical (unpaired) electrons.